The predicted octanol–water partition coefficient (Wildman–Crippen LogP) is 5.90. The van der Waals surface area contributed by atoms with Crippen LogP contribution in [0.1, 0.15) is 28.4 Å². The van der Waals surface area contributed by atoms with E-state index in [1.165, 1.54) is 14.2 Å². The molecule has 0 radical (unpaired) electrons. The lowest BCUT2D eigenvalue weighted by Crippen LogP contribution is -2.14. The Morgan fingerprint density at radius 2 is 1.62 bits per heavy atom. The van der Waals surface area contributed by atoms with Gasteiger partial charge in [0.2, 0.25) is 0 Å². The minimum absolute atomic E-state index is 0.262. The molecular weight excluding hydrogens is 430 g/mol. The van der Waals surface area contributed by atoms with Crippen LogP contribution < -0.4 is 24.3 Å². The van der Waals surface area contributed by atoms with Gasteiger partial charge in [-0.05, 0) is 44.2 Å². The number of hydrogen-bond donors (Lipinski definition) is 1. The summed E-state index contributed by atoms with van der Waals surface area (Å²) in [4.78, 5) is 13.0. The first-order valence-electron chi connectivity index (χ1n) is 10.1. The zero-order valence-electron chi connectivity index (χ0n) is 18.5. The number of nitrogens with one attached hydrogen (secondary N) is 1. The van der Waals surface area contributed by atoms with Gasteiger partial charge >= 0.3 is 0 Å². The van der Waals surface area contributed by atoms with Crippen molar-refractivity contribution in [1.29, 1.82) is 0 Å². The first-order valence-corrected chi connectivity index (χ1v) is 10.5. The van der Waals surface area contributed by atoms with Crippen molar-refractivity contribution < 1.29 is 23.7 Å². The van der Waals surface area contributed by atoms with Crippen LogP contribution in [-0.4, -0.2) is 26.7 Å². The Bertz CT molecular complexity index is 1080. The van der Waals surface area contributed by atoms with Gasteiger partial charge in [-0.2, -0.15) is 0 Å². The fraction of sp³-hybridized carbons (Fsp3) is 0.240. The number of carbonyl (C=O) groups is 1. The van der Waals surface area contributed by atoms with E-state index < -0.39 is 0 Å². The molecule has 3 aromatic rings. The van der Waals surface area contributed by atoms with Crippen LogP contribution in [0.5, 0.6) is 23.0 Å². The number of amides is 1. The number of anilines is 1. The van der Waals surface area contributed by atoms with E-state index in [1.807, 2.05) is 38.1 Å². The van der Waals surface area contributed by atoms with Crippen LogP contribution in [0.4, 0.5) is 5.69 Å². The maximum absolute atomic E-state index is 13.0. The molecule has 0 spiro atoms. The van der Waals surface area contributed by atoms with Crippen molar-refractivity contribution in [3.05, 3.63) is 76.3 Å². The average Bonchev–Trinajstić information content (AvgIpc) is 2.80. The summed E-state index contributed by atoms with van der Waals surface area (Å²) in [5.74, 6) is 1.96. The van der Waals surface area contributed by atoms with E-state index in [0.717, 1.165) is 16.9 Å². The molecular formula is C25H26ClNO5. The summed E-state index contributed by atoms with van der Waals surface area (Å²) in [5, 5.41) is 3.24. The van der Waals surface area contributed by atoms with Crippen molar-refractivity contribution in [2.45, 2.75) is 20.5 Å². The molecule has 0 atom stereocenters. The first-order chi connectivity index (χ1) is 15.4. The summed E-state index contributed by atoms with van der Waals surface area (Å²) < 4.78 is 22.2. The molecule has 0 aliphatic carbocycles. The summed E-state index contributed by atoms with van der Waals surface area (Å²) in [6.07, 6.45) is 0. The van der Waals surface area contributed by atoms with Crippen molar-refractivity contribution in [3.8, 4) is 23.0 Å². The molecule has 1 amide bonds. The van der Waals surface area contributed by atoms with Crippen LogP contribution in [-0.2, 0) is 6.61 Å². The van der Waals surface area contributed by atoms with Crippen LogP contribution in [0.15, 0.2) is 54.6 Å². The Kier molecular flexibility index (Phi) is 7.84. The number of carbonyl (C=O) groups excluding carboxylic acids is 1. The number of halogens is 1. The maximum atomic E-state index is 13.0. The van der Waals surface area contributed by atoms with Crippen molar-refractivity contribution >= 4 is 23.2 Å². The van der Waals surface area contributed by atoms with E-state index in [1.54, 1.807) is 30.3 Å². The lowest BCUT2D eigenvalue weighted by Gasteiger charge is -2.15. The fourth-order valence-electron chi connectivity index (χ4n) is 3.08. The van der Waals surface area contributed by atoms with Crippen LogP contribution in [0.2, 0.25) is 5.02 Å². The van der Waals surface area contributed by atoms with Gasteiger partial charge < -0.3 is 24.3 Å². The zero-order valence-corrected chi connectivity index (χ0v) is 19.3. The van der Waals surface area contributed by atoms with E-state index in [9.17, 15) is 4.79 Å². The molecule has 3 aromatic carbocycles. The summed E-state index contributed by atoms with van der Waals surface area (Å²) in [6.45, 7) is 4.69. The Morgan fingerprint density at radius 3 is 2.28 bits per heavy atom. The SMILES string of the molecule is CCOc1ccc(C(=O)Nc2cc(OC)c(Cl)cc2OC)cc1COc1ccc(C)cc1. The van der Waals surface area contributed by atoms with Crippen molar-refractivity contribution in [1.82, 2.24) is 0 Å². The molecule has 0 fully saturated rings. The van der Waals surface area contributed by atoms with Crippen LogP contribution in [0.25, 0.3) is 0 Å². The van der Waals surface area contributed by atoms with Crippen LogP contribution in [0.3, 0.4) is 0 Å². The monoisotopic (exact) mass is 455 g/mol. The first kappa shape index (κ1) is 23.3. The summed E-state index contributed by atoms with van der Waals surface area (Å²) in [6, 6.07) is 16.2. The third-order valence-corrected chi connectivity index (χ3v) is 5.06. The number of benzene rings is 3. The molecule has 0 saturated heterocycles. The van der Waals surface area contributed by atoms with E-state index >= 15 is 0 Å². The zero-order chi connectivity index (χ0) is 23.1. The number of rotatable bonds is 9. The third kappa shape index (κ3) is 5.65. The summed E-state index contributed by atoms with van der Waals surface area (Å²) in [5.41, 5.74) is 2.82. The molecule has 0 bridgehead atoms. The molecule has 0 unspecified atom stereocenters. The highest BCUT2D eigenvalue weighted by atomic mass is 35.5. The van der Waals surface area contributed by atoms with Gasteiger partial charge in [-0.3, -0.25) is 4.79 Å². The standard InChI is InChI=1S/C25H26ClNO5/c1-5-31-22-11-8-17(12-18(22)15-32-19-9-6-16(2)7-10-19)25(28)27-21-14-23(29-3)20(26)13-24(21)30-4/h6-14H,5,15H2,1-4H3,(H,27,28). The quantitative estimate of drug-likeness (QED) is 0.435. The maximum Gasteiger partial charge on any atom is 0.255 e. The minimum atomic E-state index is -0.313. The molecule has 3 rings (SSSR count). The van der Waals surface area contributed by atoms with Gasteiger partial charge in [0.1, 0.15) is 29.6 Å². The van der Waals surface area contributed by atoms with Crippen LogP contribution in [0, 0.1) is 6.92 Å². The van der Waals surface area contributed by atoms with Gasteiger partial charge in [0.05, 0.1) is 31.5 Å². The summed E-state index contributed by atoms with van der Waals surface area (Å²) >= 11 is 6.15. The smallest absolute Gasteiger partial charge is 0.255 e. The lowest BCUT2D eigenvalue weighted by molar-refractivity contribution is 0.102. The normalized spacial score (nSPS) is 10.4. The molecule has 0 saturated carbocycles. The van der Waals surface area contributed by atoms with Gasteiger partial charge in [-0.25, -0.2) is 0 Å². The highest BCUT2D eigenvalue weighted by Crippen LogP contribution is 2.36. The summed E-state index contributed by atoms with van der Waals surface area (Å²) in [7, 11) is 3.01. The lowest BCUT2D eigenvalue weighted by atomic mass is 10.1. The number of methoxy groups -OCH3 is 2. The van der Waals surface area contributed by atoms with Crippen LogP contribution >= 0.6 is 11.6 Å². The van der Waals surface area contributed by atoms with E-state index in [4.69, 9.17) is 30.5 Å². The fourth-order valence-corrected chi connectivity index (χ4v) is 3.31. The van der Waals surface area contributed by atoms with Crippen molar-refractivity contribution in [3.63, 3.8) is 0 Å². The Morgan fingerprint density at radius 1 is 0.906 bits per heavy atom. The van der Waals surface area contributed by atoms with Crippen molar-refractivity contribution in [2.75, 3.05) is 26.1 Å². The second-order valence-corrected chi connectivity index (χ2v) is 7.41. The molecule has 0 aromatic heterocycles. The van der Waals surface area contributed by atoms with E-state index in [2.05, 4.69) is 5.32 Å². The molecule has 32 heavy (non-hydrogen) atoms. The molecule has 0 aliphatic heterocycles. The Balaban J connectivity index is 1.83. The predicted molar refractivity (Wildman–Crippen MR) is 126 cm³/mol. The van der Waals surface area contributed by atoms with Gasteiger partial charge in [-0.1, -0.05) is 29.3 Å². The average molecular weight is 456 g/mol. The Hall–Kier alpha value is -3.38. The van der Waals surface area contributed by atoms with E-state index in [-0.39, 0.29) is 12.5 Å². The number of ether oxygens (including phenoxy) is 4. The largest absolute Gasteiger partial charge is 0.495 e. The molecule has 7 heteroatoms. The second kappa shape index (κ2) is 10.8. The van der Waals surface area contributed by atoms with Gasteiger partial charge in [-0.15, -0.1) is 0 Å². The van der Waals surface area contributed by atoms with E-state index in [0.29, 0.717) is 40.1 Å². The molecule has 0 aliphatic rings. The second-order valence-electron chi connectivity index (χ2n) is 7.00. The number of hydrogen-bond acceptors (Lipinski definition) is 5. The molecule has 168 valence electrons. The molecule has 0 heterocycles. The topological polar surface area (TPSA) is 66.0 Å². The van der Waals surface area contributed by atoms with Gasteiger partial charge in [0, 0.05) is 23.3 Å². The third-order valence-electron chi connectivity index (χ3n) is 4.76. The highest BCUT2D eigenvalue weighted by Gasteiger charge is 2.16. The minimum Gasteiger partial charge on any atom is -0.495 e. The molecule has 6 nitrogen and oxygen atoms in total. The molecule has 1 N–H and O–H groups in total. The number of aryl methyl sites for hydroxylation is 1. The Labute approximate surface area is 193 Å². The highest BCUT2D eigenvalue weighted by molar-refractivity contribution is 6.32. The van der Waals surface area contributed by atoms with Gasteiger partial charge in [0.15, 0.2) is 0 Å². The van der Waals surface area contributed by atoms with Gasteiger partial charge in [0.25, 0.3) is 5.91 Å². The van der Waals surface area contributed by atoms with Crippen molar-refractivity contribution in [2.24, 2.45) is 0 Å².